The summed E-state index contributed by atoms with van der Waals surface area (Å²) in [5, 5.41) is 0. The Balaban J connectivity index is 1.36. The van der Waals surface area contributed by atoms with E-state index in [2.05, 4.69) is 350 Å². The summed E-state index contributed by atoms with van der Waals surface area (Å²) in [5.74, 6) is 0. The van der Waals surface area contributed by atoms with E-state index in [0.717, 1.165) is 98.5 Å². The fourth-order valence-electron chi connectivity index (χ4n) is 12.5. The predicted octanol–water partition coefficient (Wildman–Crippen LogP) is 22.2. The quantitative estimate of drug-likeness (QED) is 0.0765. The number of anilines is 5. The van der Waals surface area contributed by atoms with Gasteiger partial charge in [0.1, 0.15) is 0 Å². The molecule has 4 heteroatoms. The van der Waals surface area contributed by atoms with Crippen LogP contribution in [-0.2, 0) is 5.41 Å². The number of hydrogen-bond donors (Lipinski definition) is 0. The van der Waals surface area contributed by atoms with Gasteiger partial charge in [-0.1, -0.05) is 172 Å². The normalized spacial score (nSPS) is 20.5. The Bertz CT molecular complexity index is 4100. The first-order chi connectivity index (χ1) is 42.3. The van der Waals surface area contributed by atoms with Crippen LogP contribution >= 0.6 is 0 Å². The lowest BCUT2D eigenvalue weighted by Crippen LogP contribution is -2.33. The van der Waals surface area contributed by atoms with E-state index in [1.54, 1.807) is 0 Å². The molecule has 1 aliphatic heterocycles. The lowest BCUT2D eigenvalue weighted by Gasteiger charge is -2.40. The van der Waals surface area contributed by atoms with Crippen molar-refractivity contribution in [2.45, 2.75) is 107 Å². The van der Waals surface area contributed by atoms with Gasteiger partial charge in [0.2, 0.25) is 0 Å². The molecule has 436 valence electrons. The zero-order chi connectivity index (χ0) is 61.2. The van der Waals surface area contributed by atoms with Crippen molar-refractivity contribution in [1.29, 1.82) is 0 Å². The van der Waals surface area contributed by atoms with Gasteiger partial charge >= 0.3 is 0 Å². The van der Waals surface area contributed by atoms with Crippen LogP contribution in [0.3, 0.4) is 0 Å². The van der Waals surface area contributed by atoms with Gasteiger partial charge in [-0.25, -0.2) is 0 Å². The number of para-hydroxylation sites is 1. The smallest absolute Gasteiger partial charge is 0.0753 e. The summed E-state index contributed by atoms with van der Waals surface area (Å²) in [6.45, 7) is 29.7. The maximum Gasteiger partial charge on any atom is 0.0753 e. The fraction of sp³-hybridized carbons (Fsp3) is 0.205. The number of benzene rings is 5. The third-order valence-electron chi connectivity index (χ3n) is 17.1. The average molecular weight is 1140 g/mol. The second-order valence-corrected chi connectivity index (χ2v) is 23.0. The average Bonchev–Trinajstić information content (AvgIpc) is 1.57. The highest BCUT2D eigenvalue weighted by Crippen LogP contribution is 2.61. The van der Waals surface area contributed by atoms with Crippen molar-refractivity contribution in [3.05, 3.63) is 345 Å². The van der Waals surface area contributed by atoms with Crippen LogP contribution in [0.15, 0.2) is 317 Å². The summed E-state index contributed by atoms with van der Waals surface area (Å²) in [6, 6.07) is 41.3. The molecule has 1 heterocycles. The van der Waals surface area contributed by atoms with Crippen LogP contribution in [-0.4, -0.2) is 17.5 Å². The van der Waals surface area contributed by atoms with E-state index in [-0.39, 0.29) is 6.04 Å². The van der Waals surface area contributed by atoms with Crippen LogP contribution in [0.25, 0.3) is 16.7 Å². The number of allylic oxidation sites excluding steroid dienone is 23. The zero-order valence-electron chi connectivity index (χ0n) is 53.0. The minimum absolute atomic E-state index is 0.0781. The molecule has 0 saturated carbocycles. The summed E-state index contributed by atoms with van der Waals surface area (Å²) in [7, 11) is 0. The van der Waals surface area contributed by atoms with E-state index in [9.17, 15) is 0 Å². The summed E-state index contributed by atoms with van der Waals surface area (Å²) >= 11 is 0. The van der Waals surface area contributed by atoms with Crippen LogP contribution < -0.4 is 14.7 Å². The van der Waals surface area contributed by atoms with E-state index >= 15 is 0 Å². The van der Waals surface area contributed by atoms with Gasteiger partial charge in [0.25, 0.3) is 0 Å². The van der Waals surface area contributed by atoms with Gasteiger partial charge < -0.3 is 19.6 Å². The first-order valence-electron chi connectivity index (χ1n) is 31.1. The Labute approximate surface area is 520 Å². The molecule has 87 heavy (non-hydrogen) atoms. The summed E-state index contributed by atoms with van der Waals surface area (Å²) < 4.78 is 0. The first-order valence-corrected chi connectivity index (χ1v) is 31.1. The van der Waals surface area contributed by atoms with Crippen LogP contribution in [0.2, 0.25) is 0 Å². The number of fused-ring (bicyclic) bond motifs is 5. The minimum Gasteiger partial charge on any atom is -0.337 e. The molecule has 1 spiro atoms. The van der Waals surface area contributed by atoms with Crippen LogP contribution in [0.1, 0.15) is 116 Å². The molecule has 4 aliphatic carbocycles. The molecule has 5 aromatic carbocycles. The molecule has 5 aliphatic rings. The SMILES string of the molecule is C=C1/C=C\C2=C=C(C)C3(c4cc(N(c5ccccc5)C5C=CC=C(C)C=C5)ccc42)c2cc(N(C/C=C\C=C/C)C4=CC=CC(C)=C=C4)ccc2-c2ccc(cc23)N(c2cccc(C)c2)C(=C/C)/C=C(CC)/C=C(\C=C/CC)N1C(/C=C(/C)CC)=C/C. The maximum atomic E-state index is 4.95. The number of nitrogens with zero attached hydrogens (tertiary/aromatic N) is 4. The second-order valence-electron chi connectivity index (χ2n) is 23.0. The van der Waals surface area contributed by atoms with E-state index in [4.69, 9.17) is 6.58 Å². The lowest BCUT2D eigenvalue weighted by atomic mass is 9.63. The van der Waals surface area contributed by atoms with Crippen molar-refractivity contribution in [2.75, 3.05) is 21.2 Å². The van der Waals surface area contributed by atoms with Gasteiger partial charge in [-0.05, 0) is 234 Å². The summed E-state index contributed by atoms with van der Waals surface area (Å²) in [6.07, 6.45) is 51.6. The highest BCUT2D eigenvalue weighted by molar-refractivity contribution is 5.94. The van der Waals surface area contributed by atoms with Crippen molar-refractivity contribution < 1.29 is 0 Å². The molecule has 5 aromatic rings. The highest BCUT2D eigenvalue weighted by Gasteiger charge is 2.50. The third-order valence-corrected chi connectivity index (χ3v) is 17.1. The van der Waals surface area contributed by atoms with Crippen molar-refractivity contribution in [1.82, 2.24) is 4.90 Å². The Hall–Kier alpha value is -9.56. The van der Waals surface area contributed by atoms with Gasteiger partial charge in [-0.3, -0.25) is 0 Å². The topological polar surface area (TPSA) is 13.0 Å². The molecular formula is C83H84N4. The largest absolute Gasteiger partial charge is 0.337 e. The van der Waals surface area contributed by atoms with Crippen LogP contribution in [0, 0.1) is 6.92 Å². The van der Waals surface area contributed by atoms with Crippen molar-refractivity contribution in [3.8, 4) is 11.1 Å². The monoisotopic (exact) mass is 1140 g/mol. The van der Waals surface area contributed by atoms with Gasteiger partial charge in [0.15, 0.2) is 0 Å². The zero-order valence-corrected chi connectivity index (χ0v) is 53.0. The Kier molecular flexibility index (Phi) is 18.9. The molecule has 0 amide bonds. The lowest BCUT2D eigenvalue weighted by molar-refractivity contribution is 0.576. The molecular weight excluding hydrogens is 1050 g/mol. The molecule has 2 unspecified atom stereocenters. The van der Waals surface area contributed by atoms with Gasteiger partial charge in [-0.15, -0.1) is 11.5 Å². The van der Waals surface area contributed by atoms with Gasteiger partial charge in [0, 0.05) is 75.1 Å². The molecule has 0 aromatic heterocycles. The molecule has 0 fully saturated rings. The van der Waals surface area contributed by atoms with E-state index in [0.29, 0.717) is 6.54 Å². The van der Waals surface area contributed by atoms with Crippen LogP contribution in [0.4, 0.5) is 28.4 Å². The molecule has 2 atom stereocenters. The number of rotatable bonds is 15. The molecule has 0 radical (unpaired) electrons. The standard InChI is InChI=1S/C83H84N4/c1-13-19-21-25-50-84(69-35-26-29-60(8)38-42-69)72-44-48-78-79-49-46-75-58-82(79)83(81(78)56-72)63(11)53-66(77-47-45-76(57-80(77)83)87(70-33-23-22-24-34-70)71-36-27-30-61(9)39-43-71)41-40-64(12)85(67(17-5)51-59(7)15-3)74(32-20-14-2)55-65(16-4)54-68(18-6)86(75)73-37-28-31-62(10)52-73/h13,17-37,39-49,51-52,54-58,71H,12,14-16,50H2,1-11H3/b19-13-,25-21-,32-20-,41-40-,59-51-,65-54+,67-17+,68-18+,74-55+. The van der Waals surface area contributed by atoms with Crippen molar-refractivity contribution >= 4 is 34.0 Å². The molecule has 10 rings (SSSR count). The number of aryl methyl sites for hydroxylation is 1. The first kappa shape index (κ1) is 60.6. The van der Waals surface area contributed by atoms with E-state index in [1.807, 2.05) is 0 Å². The Morgan fingerprint density at radius 2 is 1.45 bits per heavy atom. The third kappa shape index (κ3) is 12.5. The minimum atomic E-state index is -0.832. The Morgan fingerprint density at radius 1 is 0.701 bits per heavy atom. The van der Waals surface area contributed by atoms with E-state index < -0.39 is 5.41 Å². The second kappa shape index (κ2) is 27.2. The van der Waals surface area contributed by atoms with E-state index in [1.165, 1.54) is 50.1 Å². The summed E-state index contributed by atoms with van der Waals surface area (Å²) in [5.41, 5.74) is 32.6. The molecule has 0 N–H and O–H groups in total. The summed E-state index contributed by atoms with van der Waals surface area (Å²) in [4.78, 5) is 9.71. The van der Waals surface area contributed by atoms with Crippen molar-refractivity contribution in [2.24, 2.45) is 0 Å². The fourth-order valence-corrected chi connectivity index (χ4v) is 12.5. The highest BCUT2D eigenvalue weighted by atomic mass is 15.2. The van der Waals surface area contributed by atoms with Gasteiger partial charge in [0.05, 0.1) is 11.5 Å². The molecule has 4 nitrogen and oxygen atoms in total. The number of hydrogen-bond acceptors (Lipinski definition) is 4. The Morgan fingerprint density at radius 3 is 2.20 bits per heavy atom. The maximum absolute atomic E-state index is 4.95. The molecule has 0 saturated heterocycles. The predicted molar refractivity (Wildman–Crippen MR) is 375 cm³/mol. The molecule has 4 bridgehead atoms. The van der Waals surface area contributed by atoms with Gasteiger partial charge in [-0.2, -0.15) is 0 Å². The van der Waals surface area contributed by atoms with Crippen molar-refractivity contribution in [3.63, 3.8) is 0 Å². The van der Waals surface area contributed by atoms with Crippen LogP contribution in [0.5, 0.6) is 0 Å².